The first-order valence-electron chi connectivity index (χ1n) is 7.26. The average Bonchev–Trinajstić information content (AvgIpc) is 3.24. The standard InChI is InChI=1S/C17H13F3N2O2S/c18-17(19,20)11-3-1-4-12(9-11)22-16(23)21-10-13-6-7-14(24-13)15-5-2-8-25-15/h1-9H,10H2,(H2,21,22,23). The van der Waals surface area contributed by atoms with E-state index in [0.717, 1.165) is 17.0 Å². The van der Waals surface area contributed by atoms with Gasteiger partial charge in [-0.05, 0) is 41.8 Å². The number of carbonyl (C=O) groups is 1. The van der Waals surface area contributed by atoms with Gasteiger partial charge in [0, 0.05) is 5.69 Å². The molecule has 25 heavy (non-hydrogen) atoms. The van der Waals surface area contributed by atoms with Crippen LogP contribution >= 0.6 is 11.3 Å². The third kappa shape index (κ3) is 4.42. The Bertz CT molecular complexity index is 857. The lowest BCUT2D eigenvalue weighted by atomic mass is 10.2. The van der Waals surface area contributed by atoms with Gasteiger partial charge in [0.2, 0.25) is 0 Å². The summed E-state index contributed by atoms with van der Waals surface area (Å²) in [4.78, 5) is 12.8. The Hall–Kier alpha value is -2.74. The lowest BCUT2D eigenvalue weighted by molar-refractivity contribution is -0.137. The summed E-state index contributed by atoms with van der Waals surface area (Å²) in [5.41, 5.74) is -0.761. The van der Waals surface area contributed by atoms with Crippen molar-refractivity contribution in [2.75, 3.05) is 5.32 Å². The van der Waals surface area contributed by atoms with Crippen molar-refractivity contribution in [3.8, 4) is 10.6 Å². The van der Waals surface area contributed by atoms with Crippen molar-refractivity contribution in [1.29, 1.82) is 0 Å². The zero-order valence-corrected chi connectivity index (χ0v) is 13.6. The zero-order chi connectivity index (χ0) is 17.9. The highest BCUT2D eigenvalue weighted by Gasteiger charge is 2.30. The maximum Gasteiger partial charge on any atom is 0.416 e. The van der Waals surface area contributed by atoms with Crippen LogP contribution in [0.15, 0.2) is 58.3 Å². The van der Waals surface area contributed by atoms with E-state index >= 15 is 0 Å². The highest BCUT2D eigenvalue weighted by molar-refractivity contribution is 7.13. The Morgan fingerprint density at radius 3 is 2.68 bits per heavy atom. The van der Waals surface area contributed by atoms with Crippen LogP contribution in [0.25, 0.3) is 10.6 Å². The van der Waals surface area contributed by atoms with Crippen molar-refractivity contribution in [2.45, 2.75) is 12.7 Å². The van der Waals surface area contributed by atoms with Gasteiger partial charge in [0.05, 0.1) is 17.0 Å². The van der Waals surface area contributed by atoms with Crippen LogP contribution in [0.3, 0.4) is 0 Å². The first-order valence-corrected chi connectivity index (χ1v) is 8.14. The van der Waals surface area contributed by atoms with E-state index in [2.05, 4.69) is 10.6 Å². The van der Waals surface area contributed by atoms with E-state index in [9.17, 15) is 18.0 Å². The maximum atomic E-state index is 12.7. The number of furan rings is 1. The van der Waals surface area contributed by atoms with Crippen LogP contribution in [0.5, 0.6) is 0 Å². The Labute approximate surface area is 145 Å². The highest BCUT2D eigenvalue weighted by atomic mass is 32.1. The molecule has 0 bridgehead atoms. The summed E-state index contributed by atoms with van der Waals surface area (Å²) < 4.78 is 43.6. The van der Waals surface area contributed by atoms with E-state index in [0.29, 0.717) is 11.5 Å². The molecule has 0 radical (unpaired) electrons. The van der Waals surface area contributed by atoms with Gasteiger partial charge in [-0.3, -0.25) is 0 Å². The van der Waals surface area contributed by atoms with Crippen molar-refractivity contribution in [2.24, 2.45) is 0 Å². The molecule has 0 saturated carbocycles. The summed E-state index contributed by atoms with van der Waals surface area (Å²) in [5.74, 6) is 1.24. The molecule has 1 aromatic carbocycles. The minimum Gasteiger partial charge on any atom is -0.458 e. The van der Waals surface area contributed by atoms with Crippen molar-refractivity contribution in [3.05, 3.63) is 65.2 Å². The molecule has 2 aromatic heterocycles. The molecule has 2 amide bonds. The van der Waals surface area contributed by atoms with E-state index < -0.39 is 17.8 Å². The fraction of sp³-hybridized carbons (Fsp3) is 0.118. The molecular formula is C17H13F3N2O2S. The van der Waals surface area contributed by atoms with Gasteiger partial charge in [-0.15, -0.1) is 11.3 Å². The summed E-state index contributed by atoms with van der Waals surface area (Å²) in [5, 5.41) is 6.84. The SMILES string of the molecule is O=C(NCc1ccc(-c2cccs2)o1)Nc1cccc(C(F)(F)F)c1. The van der Waals surface area contributed by atoms with E-state index in [1.54, 1.807) is 12.1 Å². The summed E-state index contributed by atoms with van der Waals surface area (Å²) >= 11 is 1.53. The first kappa shape index (κ1) is 17.1. The number of halogens is 3. The summed E-state index contributed by atoms with van der Waals surface area (Å²) in [6.07, 6.45) is -4.46. The van der Waals surface area contributed by atoms with Gasteiger partial charge in [-0.25, -0.2) is 4.79 Å². The van der Waals surface area contributed by atoms with Gasteiger partial charge >= 0.3 is 12.2 Å². The number of nitrogens with one attached hydrogen (secondary N) is 2. The van der Waals surface area contributed by atoms with Crippen molar-refractivity contribution in [1.82, 2.24) is 5.32 Å². The molecule has 0 unspecified atom stereocenters. The predicted molar refractivity (Wildman–Crippen MR) is 89.3 cm³/mol. The molecule has 130 valence electrons. The number of amides is 2. The van der Waals surface area contributed by atoms with Crippen molar-refractivity contribution < 1.29 is 22.4 Å². The molecule has 4 nitrogen and oxygen atoms in total. The molecule has 2 N–H and O–H groups in total. The van der Waals surface area contributed by atoms with Gasteiger partial charge in [0.25, 0.3) is 0 Å². The van der Waals surface area contributed by atoms with Gasteiger partial charge < -0.3 is 15.1 Å². The fourth-order valence-corrected chi connectivity index (χ4v) is 2.83. The van der Waals surface area contributed by atoms with Crippen LogP contribution in [-0.2, 0) is 12.7 Å². The normalized spacial score (nSPS) is 11.3. The largest absolute Gasteiger partial charge is 0.458 e. The van der Waals surface area contributed by atoms with Gasteiger partial charge in [0.1, 0.15) is 11.5 Å². The third-order valence-corrected chi connectivity index (χ3v) is 4.18. The second-order valence-corrected chi connectivity index (χ2v) is 6.08. The molecule has 0 spiro atoms. The second kappa shape index (κ2) is 7.02. The maximum absolute atomic E-state index is 12.7. The smallest absolute Gasteiger partial charge is 0.416 e. The topological polar surface area (TPSA) is 54.3 Å². The Balaban J connectivity index is 1.57. The van der Waals surface area contributed by atoms with Gasteiger partial charge in [-0.1, -0.05) is 12.1 Å². The number of benzene rings is 1. The average molecular weight is 366 g/mol. The molecule has 0 atom stereocenters. The molecule has 0 aliphatic rings. The van der Waals surface area contributed by atoms with Crippen LogP contribution in [0.2, 0.25) is 0 Å². The number of hydrogen-bond donors (Lipinski definition) is 2. The van der Waals surface area contributed by atoms with E-state index in [1.807, 2.05) is 17.5 Å². The fourth-order valence-electron chi connectivity index (χ4n) is 2.14. The second-order valence-electron chi connectivity index (χ2n) is 5.13. The molecule has 0 aliphatic heterocycles. The number of alkyl halides is 3. The van der Waals surface area contributed by atoms with Crippen LogP contribution in [0.4, 0.5) is 23.7 Å². The number of rotatable bonds is 4. The van der Waals surface area contributed by atoms with Crippen LogP contribution in [0, 0.1) is 0 Å². The predicted octanol–water partition coefficient (Wildman–Crippen LogP) is 5.35. The van der Waals surface area contributed by atoms with E-state index in [4.69, 9.17) is 4.42 Å². The number of thiophene rings is 1. The minimum absolute atomic E-state index is 0.0612. The van der Waals surface area contributed by atoms with Crippen molar-refractivity contribution >= 4 is 23.1 Å². The zero-order valence-electron chi connectivity index (χ0n) is 12.8. The molecule has 0 fully saturated rings. The lowest BCUT2D eigenvalue weighted by Gasteiger charge is -2.10. The molecule has 8 heteroatoms. The summed E-state index contributed by atoms with van der Waals surface area (Å²) in [6, 6.07) is 11.2. The molecule has 2 heterocycles. The van der Waals surface area contributed by atoms with Crippen LogP contribution in [0.1, 0.15) is 11.3 Å². The Morgan fingerprint density at radius 1 is 1.12 bits per heavy atom. The highest BCUT2D eigenvalue weighted by Crippen LogP contribution is 2.30. The van der Waals surface area contributed by atoms with Gasteiger partial charge in [-0.2, -0.15) is 13.2 Å². The summed E-state index contributed by atoms with van der Waals surface area (Å²) in [7, 11) is 0. The Morgan fingerprint density at radius 2 is 1.96 bits per heavy atom. The minimum atomic E-state index is -4.46. The number of urea groups is 1. The quantitative estimate of drug-likeness (QED) is 0.654. The molecule has 0 saturated heterocycles. The molecule has 3 aromatic rings. The Kier molecular flexibility index (Phi) is 4.80. The van der Waals surface area contributed by atoms with Gasteiger partial charge in [0.15, 0.2) is 0 Å². The van der Waals surface area contributed by atoms with E-state index in [-0.39, 0.29) is 12.2 Å². The first-order chi connectivity index (χ1) is 11.9. The number of anilines is 1. The van der Waals surface area contributed by atoms with Crippen molar-refractivity contribution in [3.63, 3.8) is 0 Å². The summed E-state index contributed by atoms with van der Waals surface area (Å²) in [6.45, 7) is 0.121. The van der Waals surface area contributed by atoms with E-state index in [1.165, 1.54) is 23.5 Å². The molecule has 0 aliphatic carbocycles. The molecular weight excluding hydrogens is 353 g/mol. The number of hydrogen-bond acceptors (Lipinski definition) is 3. The van der Waals surface area contributed by atoms with Crippen LogP contribution < -0.4 is 10.6 Å². The molecule has 3 rings (SSSR count). The third-order valence-electron chi connectivity index (χ3n) is 3.30. The monoisotopic (exact) mass is 366 g/mol. The number of carbonyl (C=O) groups excluding carboxylic acids is 1. The lowest BCUT2D eigenvalue weighted by Crippen LogP contribution is -2.28. The van der Waals surface area contributed by atoms with Crippen LogP contribution in [-0.4, -0.2) is 6.03 Å².